The van der Waals surface area contributed by atoms with E-state index in [-0.39, 0.29) is 25.1 Å². The number of alkyl halides is 3. The molecule has 0 saturated carbocycles. The van der Waals surface area contributed by atoms with Crippen LogP contribution in [0, 0.1) is 0 Å². The molecule has 0 spiro atoms. The molecule has 3 rings (SSSR count). The van der Waals surface area contributed by atoms with Gasteiger partial charge in [0.05, 0.1) is 11.3 Å². The highest BCUT2D eigenvalue weighted by molar-refractivity contribution is 6.51. The highest BCUT2D eigenvalue weighted by Gasteiger charge is 2.43. The van der Waals surface area contributed by atoms with Crippen LogP contribution in [0.1, 0.15) is 21.5 Å². The Balaban J connectivity index is 1.93. The summed E-state index contributed by atoms with van der Waals surface area (Å²) in [4.78, 5) is 34.9. The zero-order valence-corrected chi connectivity index (χ0v) is 10.6. The summed E-state index contributed by atoms with van der Waals surface area (Å²) in [6, 6.07) is 2.89. The summed E-state index contributed by atoms with van der Waals surface area (Å²) < 4.78 is 37.3. The molecular formula is C13H9F3N2O3. The average Bonchev–Trinajstić information content (AvgIpc) is 2.72. The molecule has 0 atom stereocenters. The summed E-state index contributed by atoms with van der Waals surface area (Å²) in [5.41, 5.74) is 1.72. The number of carbonyl (C=O) groups excluding carboxylic acids is 3. The number of fused-ring (bicyclic) bond motifs is 3. The number of nitrogens with zero attached hydrogens (tertiary/aromatic N) is 1. The summed E-state index contributed by atoms with van der Waals surface area (Å²) >= 11 is 0. The standard InChI is InChI=1S/C13H9F3N2O3/c14-13(15,16)12(21)18-4-3-7-6(5-18)1-2-8-9(7)17-11(20)10(8)19/h1-2H,3-5H2,(H,17,19,20). The van der Waals surface area contributed by atoms with Gasteiger partial charge in [0.25, 0.3) is 11.7 Å². The zero-order valence-electron chi connectivity index (χ0n) is 10.6. The second-order valence-electron chi connectivity index (χ2n) is 4.88. The van der Waals surface area contributed by atoms with Gasteiger partial charge in [0.2, 0.25) is 0 Å². The largest absolute Gasteiger partial charge is 0.471 e. The SMILES string of the molecule is O=C1Nc2c(ccc3c2CCN(C(=O)C(F)(F)F)C3)C1=O. The van der Waals surface area contributed by atoms with E-state index in [1.165, 1.54) is 12.1 Å². The van der Waals surface area contributed by atoms with E-state index in [9.17, 15) is 27.6 Å². The number of halogens is 3. The van der Waals surface area contributed by atoms with Crippen LogP contribution in [0.15, 0.2) is 12.1 Å². The highest BCUT2D eigenvalue weighted by atomic mass is 19.4. The number of hydrogen-bond acceptors (Lipinski definition) is 3. The third-order valence-electron chi connectivity index (χ3n) is 3.62. The first kappa shape index (κ1) is 13.6. The maximum atomic E-state index is 12.4. The van der Waals surface area contributed by atoms with Crippen LogP contribution < -0.4 is 5.32 Å². The average molecular weight is 298 g/mol. The number of Topliss-reactive ketones (excluding diaryl/α,β-unsaturated/α-hetero) is 1. The molecule has 2 aliphatic rings. The summed E-state index contributed by atoms with van der Waals surface area (Å²) in [5.74, 6) is -3.28. The predicted molar refractivity (Wildman–Crippen MR) is 64.6 cm³/mol. The Hall–Kier alpha value is -2.38. The molecule has 21 heavy (non-hydrogen) atoms. The van der Waals surface area contributed by atoms with Gasteiger partial charge in [0, 0.05) is 13.1 Å². The second kappa shape index (κ2) is 4.31. The molecule has 0 saturated heterocycles. The predicted octanol–water partition coefficient (Wildman–Crippen LogP) is 1.27. The lowest BCUT2D eigenvalue weighted by Crippen LogP contribution is -2.43. The molecule has 5 nitrogen and oxygen atoms in total. The van der Waals surface area contributed by atoms with Crippen LogP contribution in [0.5, 0.6) is 0 Å². The van der Waals surface area contributed by atoms with E-state index in [4.69, 9.17) is 0 Å². The number of hydrogen-bond donors (Lipinski definition) is 1. The van der Waals surface area contributed by atoms with E-state index >= 15 is 0 Å². The van der Waals surface area contributed by atoms with Crippen molar-refractivity contribution >= 4 is 23.3 Å². The summed E-state index contributed by atoms with van der Waals surface area (Å²) in [7, 11) is 0. The fourth-order valence-corrected chi connectivity index (χ4v) is 2.63. The number of benzene rings is 1. The zero-order chi connectivity index (χ0) is 15.4. The van der Waals surface area contributed by atoms with Crippen molar-refractivity contribution in [2.45, 2.75) is 19.1 Å². The smallest absolute Gasteiger partial charge is 0.330 e. The molecule has 0 aliphatic carbocycles. The quantitative estimate of drug-likeness (QED) is 0.733. The Morgan fingerprint density at radius 3 is 2.62 bits per heavy atom. The molecular weight excluding hydrogens is 289 g/mol. The molecule has 0 aromatic heterocycles. The van der Waals surface area contributed by atoms with Crippen LogP contribution in [0.2, 0.25) is 0 Å². The molecule has 2 aliphatic heterocycles. The molecule has 8 heteroatoms. The lowest BCUT2D eigenvalue weighted by atomic mass is 9.95. The number of carbonyl (C=O) groups is 3. The first-order chi connectivity index (χ1) is 9.79. The first-order valence-corrected chi connectivity index (χ1v) is 6.15. The lowest BCUT2D eigenvalue weighted by Gasteiger charge is -2.30. The van der Waals surface area contributed by atoms with Crippen LogP contribution in [-0.4, -0.2) is 35.2 Å². The Morgan fingerprint density at radius 1 is 1.24 bits per heavy atom. The molecule has 110 valence electrons. The van der Waals surface area contributed by atoms with Crippen molar-refractivity contribution in [3.05, 3.63) is 28.8 Å². The molecule has 0 unspecified atom stereocenters. The van der Waals surface area contributed by atoms with Crippen molar-refractivity contribution in [3.63, 3.8) is 0 Å². The number of ketones is 1. The summed E-state index contributed by atoms with van der Waals surface area (Å²) in [6.45, 7) is -0.295. The molecule has 0 radical (unpaired) electrons. The van der Waals surface area contributed by atoms with Crippen LogP contribution in [0.4, 0.5) is 18.9 Å². The fourth-order valence-electron chi connectivity index (χ4n) is 2.63. The fraction of sp³-hybridized carbons (Fsp3) is 0.308. The topological polar surface area (TPSA) is 66.5 Å². The third kappa shape index (κ3) is 2.07. The molecule has 0 fully saturated rings. The van der Waals surface area contributed by atoms with Gasteiger partial charge in [-0.25, -0.2) is 0 Å². The summed E-state index contributed by atoms with van der Waals surface area (Å²) in [6.07, 6.45) is -4.74. The minimum atomic E-state index is -4.90. The van der Waals surface area contributed by atoms with E-state index in [0.29, 0.717) is 21.7 Å². The van der Waals surface area contributed by atoms with Gasteiger partial charge in [-0.3, -0.25) is 14.4 Å². The van der Waals surface area contributed by atoms with Crippen LogP contribution in [-0.2, 0) is 22.6 Å². The monoisotopic (exact) mass is 298 g/mol. The van der Waals surface area contributed by atoms with Crippen molar-refractivity contribution in [1.29, 1.82) is 0 Å². The van der Waals surface area contributed by atoms with Crippen molar-refractivity contribution in [2.24, 2.45) is 0 Å². The summed E-state index contributed by atoms with van der Waals surface area (Å²) in [5, 5.41) is 2.44. The van der Waals surface area contributed by atoms with Gasteiger partial charge in [-0.1, -0.05) is 6.07 Å². The van der Waals surface area contributed by atoms with Gasteiger partial charge in [-0.2, -0.15) is 13.2 Å². The van der Waals surface area contributed by atoms with Gasteiger partial charge in [-0.05, 0) is 23.6 Å². The number of amides is 2. The first-order valence-electron chi connectivity index (χ1n) is 6.15. The second-order valence-corrected chi connectivity index (χ2v) is 4.88. The maximum absolute atomic E-state index is 12.4. The van der Waals surface area contributed by atoms with Gasteiger partial charge >= 0.3 is 12.1 Å². The van der Waals surface area contributed by atoms with Crippen LogP contribution >= 0.6 is 0 Å². The van der Waals surface area contributed by atoms with Crippen LogP contribution in [0.25, 0.3) is 0 Å². The van der Waals surface area contributed by atoms with E-state index in [1.54, 1.807) is 0 Å². The maximum Gasteiger partial charge on any atom is 0.471 e. The Morgan fingerprint density at radius 2 is 1.95 bits per heavy atom. The van der Waals surface area contributed by atoms with E-state index in [1.807, 2.05) is 0 Å². The minimum absolute atomic E-state index is 0.105. The van der Waals surface area contributed by atoms with Crippen molar-refractivity contribution < 1.29 is 27.6 Å². The number of rotatable bonds is 0. The molecule has 2 amide bonds. The molecule has 2 heterocycles. The lowest BCUT2D eigenvalue weighted by molar-refractivity contribution is -0.186. The highest BCUT2D eigenvalue weighted by Crippen LogP contribution is 2.34. The van der Waals surface area contributed by atoms with E-state index in [2.05, 4.69) is 5.32 Å². The molecule has 1 aromatic carbocycles. The molecule has 1 N–H and O–H groups in total. The van der Waals surface area contributed by atoms with Crippen molar-refractivity contribution in [3.8, 4) is 0 Å². The number of nitrogens with one attached hydrogen (secondary N) is 1. The van der Waals surface area contributed by atoms with Gasteiger partial charge in [0.15, 0.2) is 0 Å². The third-order valence-corrected chi connectivity index (χ3v) is 3.62. The van der Waals surface area contributed by atoms with E-state index < -0.39 is 23.8 Å². The van der Waals surface area contributed by atoms with Gasteiger partial charge in [0.1, 0.15) is 0 Å². The molecule has 0 bridgehead atoms. The minimum Gasteiger partial charge on any atom is -0.330 e. The Kier molecular flexibility index (Phi) is 2.79. The normalized spacial score (nSPS) is 17.4. The molecule has 1 aromatic rings. The van der Waals surface area contributed by atoms with Crippen LogP contribution in [0.3, 0.4) is 0 Å². The number of anilines is 1. The van der Waals surface area contributed by atoms with Gasteiger partial charge in [-0.15, -0.1) is 0 Å². The Bertz CT molecular complexity index is 682. The van der Waals surface area contributed by atoms with Crippen molar-refractivity contribution in [1.82, 2.24) is 4.90 Å². The Labute approximate surface area is 116 Å². The van der Waals surface area contributed by atoms with Gasteiger partial charge < -0.3 is 10.2 Å². The van der Waals surface area contributed by atoms with Crippen molar-refractivity contribution in [2.75, 3.05) is 11.9 Å². The van der Waals surface area contributed by atoms with E-state index in [0.717, 1.165) is 0 Å².